The molecule has 8 nitrogen and oxygen atoms in total. The predicted octanol–water partition coefficient (Wildman–Crippen LogP) is 3.95. The first kappa shape index (κ1) is 18.9. The summed E-state index contributed by atoms with van der Waals surface area (Å²) in [6.07, 6.45) is 1.53. The molecule has 0 saturated carbocycles. The van der Waals surface area contributed by atoms with Crippen LogP contribution in [0.15, 0.2) is 60.0 Å². The van der Waals surface area contributed by atoms with Crippen LogP contribution in [0.4, 0.5) is 11.4 Å². The maximum absolute atomic E-state index is 12.5. The number of nitro benzene ring substituents is 1. The fourth-order valence-electron chi connectivity index (χ4n) is 2.29. The molecule has 2 aromatic carbocycles. The smallest absolute Gasteiger partial charge is 0.292 e. The Labute approximate surface area is 163 Å². The van der Waals surface area contributed by atoms with Crippen molar-refractivity contribution >= 4 is 40.6 Å². The Balaban J connectivity index is 1.75. The zero-order valence-electron chi connectivity index (χ0n) is 14.1. The van der Waals surface area contributed by atoms with Gasteiger partial charge in [-0.25, -0.2) is 0 Å². The summed E-state index contributed by atoms with van der Waals surface area (Å²) in [7, 11) is 0. The Morgan fingerprint density at radius 3 is 2.81 bits per heavy atom. The summed E-state index contributed by atoms with van der Waals surface area (Å²) in [4.78, 5) is 23.0. The van der Waals surface area contributed by atoms with Crippen molar-refractivity contribution in [3.05, 3.63) is 70.0 Å². The highest BCUT2D eigenvalue weighted by Crippen LogP contribution is 2.28. The van der Waals surface area contributed by atoms with Crippen LogP contribution in [0.5, 0.6) is 0 Å². The summed E-state index contributed by atoms with van der Waals surface area (Å²) in [6, 6.07) is 13.1. The van der Waals surface area contributed by atoms with E-state index in [1.165, 1.54) is 30.2 Å². The van der Waals surface area contributed by atoms with Crippen molar-refractivity contribution in [2.24, 2.45) is 0 Å². The molecule has 3 aromatic rings. The lowest BCUT2D eigenvalue weighted by molar-refractivity contribution is -0.383. The van der Waals surface area contributed by atoms with E-state index in [0.717, 1.165) is 5.69 Å². The maximum Gasteiger partial charge on any atom is 0.292 e. The van der Waals surface area contributed by atoms with Crippen LogP contribution in [-0.2, 0) is 4.79 Å². The number of carbonyl (C=O) groups excluding carboxylic acids is 1. The molecule has 1 aromatic heterocycles. The lowest BCUT2D eigenvalue weighted by atomic mass is 10.2. The fraction of sp³-hybridized carbons (Fsp3) is 0.118. The molecule has 0 fully saturated rings. The molecule has 0 aliphatic rings. The summed E-state index contributed by atoms with van der Waals surface area (Å²) in [5, 5.41) is 22.1. The monoisotopic (exact) mass is 403 g/mol. The fourth-order valence-corrected chi connectivity index (χ4v) is 3.32. The second kappa shape index (κ2) is 8.19. The van der Waals surface area contributed by atoms with Crippen LogP contribution >= 0.6 is 23.4 Å². The van der Waals surface area contributed by atoms with Crippen LogP contribution in [-0.4, -0.2) is 30.8 Å². The van der Waals surface area contributed by atoms with Gasteiger partial charge in [0.2, 0.25) is 5.91 Å². The molecule has 0 saturated heterocycles. The molecule has 0 spiro atoms. The molecule has 1 N–H and O–H groups in total. The minimum absolute atomic E-state index is 0.149. The lowest BCUT2D eigenvalue weighted by Crippen LogP contribution is -2.23. The number of thioether (sulfide) groups is 1. The average molecular weight is 404 g/mol. The third-order valence-electron chi connectivity index (χ3n) is 3.61. The standard InChI is InChI=1S/C17H14ClN5O3S/c1-11(16(24)20-14-7-2-3-8-15(14)23(25)26)27-17-21-19-10-22(17)13-6-4-5-12(18)9-13/h2-11H,1H3,(H,20,24). The molecule has 0 aliphatic carbocycles. The van der Waals surface area contributed by atoms with E-state index in [4.69, 9.17) is 11.6 Å². The number of para-hydroxylation sites is 2. The molecule has 138 valence electrons. The van der Waals surface area contributed by atoms with Crippen molar-refractivity contribution in [3.8, 4) is 5.69 Å². The van der Waals surface area contributed by atoms with Gasteiger partial charge in [-0.15, -0.1) is 10.2 Å². The quantitative estimate of drug-likeness (QED) is 0.379. The number of aromatic nitrogens is 3. The summed E-state index contributed by atoms with van der Waals surface area (Å²) in [5.41, 5.74) is 0.753. The molecule has 1 amide bonds. The Kier molecular flexibility index (Phi) is 5.72. The van der Waals surface area contributed by atoms with Crippen molar-refractivity contribution in [2.75, 3.05) is 5.32 Å². The molecule has 1 atom stereocenters. The maximum atomic E-state index is 12.5. The van der Waals surface area contributed by atoms with Gasteiger partial charge in [-0.3, -0.25) is 19.5 Å². The number of nitrogens with one attached hydrogen (secondary N) is 1. The van der Waals surface area contributed by atoms with Gasteiger partial charge >= 0.3 is 0 Å². The lowest BCUT2D eigenvalue weighted by Gasteiger charge is -2.12. The highest BCUT2D eigenvalue weighted by Gasteiger charge is 2.21. The Morgan fingerprint density at radius 2 is 2.07 bits per heavy atom. The predicted molar refractivity (Wildman–Crippen MR) is 103 cm³/mol. The summed E-state index contributed by atoms with van der Waals surface area (Å²) >= 11 is 7.20. The number of anilines is 1. The largest absolute Gasteiger partial charge is 0.319 e. The van der Waals surface area contributed by atoms with Crippen LogP contribution in [0.2, 0.25) is 5.02 Å². The van der Waals surface area contributed by atoms with Gasteiger partial charge < -0.3 is 5.32 Å². The second-order valence-electron chi connectivity index (χ2n) is 5.49. The molecule has 27 heavy (non-hydrogen) atoms. The molecule has 0 bridgehead atoms. The number of nitrogens with zero attached hydrogens (tertiary/aromatic N) is 4. The van der Waals surface area contributed by atoms with Crippen molar-refractivity contribution in [1.82, 2.24) is 14.8 Å². The molecule has 3 rings (SSSR count). The first-order chi connectivity index (χ1) is 13.0. The number of nitro groups is 1. The molecule has 1 heterocycles. The SMILES string of the molecule is CC(Sc1nncn1-c1cccc(Cl)c1)C(=O)Nc1ccccc1[N+](=O)[O-]. The number of amides is 1. The normalized spacial score (nSPS) is 11.8. The topological polar surface area (TPSA) is 103 Å². The number of hydrogen-bond acceptors (Lipinski definition) is 6. The third-order valence-corrected chi connectivity index (χ3v) is 4.90. The van der Waals surface area contributed by atoms with Crippen LogP contribution in [0.3, 0.4) is 0 Å². The van der Waals surface area contributed by atoms with Gasteiger partial charge in [0, 0.05) is 11.1 Å². The van der Waals surface area contributed by atoms with E-state index in [0.29, 0.717) is 10.2 Å². The molecule has 0 aliphatic heterocycles. The van der Waals surface area contributed by atoms with Gasteiger partial charge in [0.25, 0.3) is 5.69 Å². The number of rotatable bonds is 6. The van der Waals surface area contributed by atoms with E-state index in [1.807, 2.05) is 6.07 Å². The second-order valence-corrected chi connectivity index (χ2v) is 7.23. The summed E-state index contributed by atoms with van der Waals surface area (Å²) < 4.78 is 1.71. The Morgan fingerprint density at radius 1 is 1.30 bits per heavy atom. The number of halogens is 1. The van der Waals surface area contributed by atoms with Gasteiger partial charge in [0.15, 0.2) is 5.16 Å². The van der Waals surface area contributed by atoms with Gasteiger partial charge in [-0.1, -0.05) is 41.6 Å². The van der Waals surface area contributed by atoms with Gasteiger partial charge in [0.05, 0.1) is 15.9 Å². The van der Waals surface area contributed by atoms with Crippen LogP contribution in [0, 0.1) is 10.1 Å². The van der Waals surface area contributed by atoms with Crippen molar-refractivity contribution in [2.45, 2.75) is 17.3 Å². The summed E-state index contributed by atoms with van der Waals surface area (Å²) in [5.74, 6) is -0.380. The molecular formula is C17H14ClN5O3S. The minimum atomic E-state index is -0.563. The van der Waals surface area contributed by atoms with Gasteiger partial charge in [0.1, 0.15) is 12.0 Å². The first-order valence-corrected chi connectivity index (χ1v) is 9.08. The van der Waals surface area contributed by atoms with E-state index >= 15 is 0 Å². The third kappa shape index (κ3) is 4.44. The van der Waals surface area contributed by atoms with Crippen LogP contribution in [0.25, 0.3) is 5.69 Å². The van der Waals surface area contributed by atoms with Crippen LogP contribution < -0.4 is 5.32 Å². The highest BCUT2D eigenvalue weighted by molar-refractivity contribution is 8.00. The Bertz CT molecular complexity index is 994. The molecule has 0 radical (unpaired) electrons. The molecule has 1 unspecified atom stereocenters. The zero-order chi connectivity index (χ0) is 19.4. The van der Waals surface area contributed by atoms with Crippen LogP contribution in [0.1, 0.15) is 6.92 Å². The minimum Gasteiger partial charge on any atom is -0.319 e. The van der Waals surface area contributed by atoms with Crippen molar-refractivity contribution in [3.63, 3.8) is 0 Å². The first-order valence-electron chi connectivity index (χ1n) is 7.82. The molecule has 10 heteroatoms. The zero-order valence-corrected chi connectivity index (χ0v) is 15.6. The van der Waals surface area contributed by atoms with Crippen molar-refractivity contribution in [1.29, 1.82) is 0 Å². The van der Waals surface area contributed by atoms with E-state index in [9.17, 15) is 14.9 Å². The number of benzene rings is 2. The van der Waals surface area contributed by atoms with E-state index in [2.05, 4.69) is 15.5 Å². The van der Waals surface area contributed by atoms with Gasteiger partial charge in [-0.2, -0.15) is 0 Å². The van der Waals surface area contributed by atoms with Gasteiger partial charge in [-0.05, 0) is 31.2 Å². The Hall–Kier alpha value is -2.91. The number of hydrogen-bond donors (Lipinski definition) is 1. The number of carbonyl (C=O) groups is 1. The van der Waals surface area contributed by atoms with E-state index < -0.39 is 10.2 Å². The summed E-state index contributed by atoms with van der Waals surface area (Å²) in [6.45, 7) is 1.69. The van der Waals surface area contributed by atoms with E-state index in [-0.39, 0.29) is 17.3 Å². The average Bonchev–Trinajstić information content (AvgIpc) is 3.10. The molecular weight excluding hydrogens is 390 g/mol. The van der Waals surface area contributed by atoms with E-state index in [1.54, 1.807) is 41.8 Å². The highest BCUT2D eigenvalue weighted by atomic mass is 35.5. The van der Waals surface area contributed by atoms with Crippen molar-refractivity contribution < 1.29 is 9.72 Å².